The summed E-state index contributed by atoms with van der Waals surface area (Å²) in [7, 11) is 0. The van der Waals surface area contributed by atoms with E-state index in [0.717, 1.165) is 11.1 Å². The van der Waals surface area contributed by atoms with Gasteiger partial charge in [0.25, 0.3) is 0 Å². The minimum Gasteiger partial charge on any atom is -0.126 e. The van der Waals surface area contributed by atoms with Crippen LogP contribution in [0, 0.1) is 0 Å². The topological polar surface area (TPSA) is 0 Å². The van der Waals surface area contributed by atoms with Crippen molar-refractivity contribution in [2.45, 2.75) is 18.7 Å². The summed E-state index contributed by atoms with van der Waals surface area (Å²) in [4.78, 5) is 1.36. The number of hydrogen-bond donors (Lipinski definition) is 0. The van der Waals surface area contributed by atoms with E-state index in [1.165, 1.54) is 15.7 Å². The monoisotopic (exact) mass is 296 g/mol. The van der Waals surface area contributed by atoms with Crippen molar-refractivity contribution >= 4 is 38.5 Å². The lowest BCUT2D eigenvalue weighted by Crippen LogP contribution is -1.75. The predicted octanol–water partition coefficient (Wildman–Crippen LogP) is 5.35. The average Bonchev–Trinajstić information content (AvgIpc) is 2.30. The van der Waals surface area contributed by atoms with Crippen LogP contribution in [0.15, 0.2) is 47.4 Å². The van der Waals surface area contributed by atoms with E-state index in [1.807, 2.05) is 18.7 Å². The zero-order chi connectivity index (χ0) is 11.8. The van der Waals surface area contributed by atoms with Crippen molar-refractivity contribution in [1.29, 1.82) is 0 Å². The molecule has 0 aromatic heterocycles. The van der Waals surface area contributed by atoms with Gasteiger partial charge in [-0.3, -0.25) is 0 Å². The van der Waals surface area contributed by atoms with Crippen molar-refractivity contribution in [3.8, 4) is 0 Å². The van der Waals surface area contributed by atoms with Gasteiger partial charge in [-0.1, -0.05) is 60.1 Å². The molecule has 0 heterocycles. The second kappa shape index (κ2) is 7.75. The zero-order valence-corrected chi connectivity index (χ0v) is 12.1. The highest BCUT2D eigenvalue weighted by molar-refractivity contribution is 9.09. The van der Waals surface area contributed by atoms with Crippen LogP contribution in [0.3, 0.4) is 0 Å². The molecule has 0 unspecified atom stereocenters. The summed E-state index contributed by atoms with van der Waals surface area (Å²) in [5.41, 5.74) is 0. The van der Waals surface area contributed by atoms with E-state index in [4.69, 9.17) is 0 Å². The Balaban J connectivity index is 0.000000386. The number of halogens is 1. The lowest BCUT2D eigenvalue weighted by Gasteiger charge is -2.00. The van der Waals surface area contributed by atoms with Crippen molar-refractivity contribution in [1.82, 2.24) is 0 Å². The Bertz CT molecular complexity index is 426. The molecule has 86 valence electrons. The molecule has 0 spiro atoms. The van der Waals surface area contributed by atoms with Crippen LogP contribution in [0.2, 0.25) is 0 Å². The molecule has 2 aromatic rings. The SMILES string of the molecule is CCBr.CCSc1ccc2ccccc2c1. The molecule has 0 saturated heterocycles. The highest BCUT2D eigenvalue weighted by Gasteiger charge is 1.94. The van der Waals surface area contributed by atoms with Crippen molar-refractivity contribution in [3.63, 3.8) is 0 Å². The first kappa shape index (κ1) is 13.6. The molecule has 0 amide bonds. The van der Waals surface area contributed by atoms with Crippen LogP contribution in [0.5, 0.6) is 0 Å². The molecule has 0 aliphatic heterocycles. The summed E-state index contributed by atoms with van der Waals surface area (Å²) in [6.45, 7) is 4.22. The minimum absolute atomic E-state index is 1.06. The summed E-state index contributed by atoms with van der Waals surface area (Å²) in [6, 6.07) is 15.1. The number of hydrogen-bond acceptors (Lipinski definition) is 1. The third-order valence-corrected chi connectivity index (χ3v) is 2.91. The fourth-order valence-electron chi connectivity index (χ4n) is 1.42. The van der Waals surface area contributed by atoms with E-state index in [2.05, 4.69) is 65.3 Å². The van der Waals surface area contributed by atoms with E-state index >= 15 is 0 Å². The van der Waals surface area contributed by atoms with Gasteiger partial charge < -0.3 is 0 Å². The number of rotatable bonds is 2. The van der Waals surface area contributed by atoms with Gasteiger partial charge in [-0.2, -0.15) is 0 Å². The van der Waals surface area contributed by atoms with Gasteiger partial charge in [-0.25, -0.2) is 0 Å². The van der Waals surface area contributed by atoms with Gasteiger partial charge in [-0.15, -0.1) is 11.8 Å². The molecule has 2 aromatic carbocycles. The third-order valence-electron chi connectivity index (χ3n) is 2.03. The van der Waals surface area contributed by atoms with Crippen LogP contribution in [-0.2, 0) is 0 Å². The lowest BCUT2D eigenvalue weighted by molar-refractivity contribution is 1.45. The summed E-state index contributed by atoms with van der Waals surface area (Å²) in [5, 5.41) is 3.72. The Morgan fingerprint density at radius 1 is 1.00 bits per heavy atom. The quantitative estimate of drug-likeness (QED) is 0.531. The first-order valence-corrected chi connectivity index (χ1v) is 7.60. The Morgan fingerprint density at radius 3 is 2.25 bits per heavy atom. The van der Waals surface area contributed by atoms with Gasteiger partial charge in [0.05, 0.1) is 0 Å². The van der Waals surface area contributed by atoms with Gasteiger partial charge in [-0.05, 0) is 28.7 Å². The largest absolute Gasteiger partial charge is 0.126 e. The predicted molar refractivity (Wildman–Crippen MR) is 79.8 cm³/mol. The molecular weight excluding hydrogens is 280 g/mol. The number of benzene rings is 2. The van der Waals surface area contributed by atoms with E-state index in [0.29, 0.717) is 0 Å². The Hall–Kier alpha value is -0.470. The molecule has 0 saturated carbocycles. The van der Waals surface area contributed by atoms with Gasteiger partial charge >= 0.3 is 0 Å². The van der Waals surface area contributed by atoms with E-state index in [-0.39, 0.29) is 0 Å². The Kier molecular flexibility index (Phi) is 6.58. The van der Waals surface area contributed by atoms with E-state index < -0.39 is 0 Å². The maximum Gasteiger partial charge on any atom is 0.00782 e. The second-order valence-electron chi connectivity index (χ2n) is 3.21. The fraction of sp³-hybridized carbons (Fsp3) is 0.286. The van der Waals surface area contributed by atoms with E-state index in [1.54, 1.807) is 0 Å². The van der Waals surface area contributed by atoms with Crippen LogP contribution < -0.4 is 0 Å². The molecule has 0 aliphatic carbocycles. The molecule has 0 bridgehead atoms. The third kappa shape index (κ3) is 4.18. The molecule has 2 rings (SSSR count). The van der Waals surface area contributed by atoms with Crippen LogP contribution in [0.25, 0.3) is 10.8 Å². The normalized spacial score (nSPS) is 9.69. The molecule has 0 aliphatic rings. The standard InChI is InChI=1S/C12H12S.C2H5Br/c1-2-13-12-8-7-10-5-3-4-6-11(10)9-12;1-2-3/h3-9H,2H2,1H3;2H2,1H3. The van der Waals surface area contributed by atoms with Crippen LogP contribution in [0.4, 0.5) is 0 Å². The van der Waals surface area contributed by atoms with Gasteiger partial charge in [0.2, 0.25) is 0 Å². The molecule has 16 heavy (non-hydrogen) atoms. The van der Waals surface area contributed by atoms with Crippen molar-refractivity contribution in [3.05, 3.63) is 42.5 Å². The molecular formula is C14H17BrS. The highest BCUT2D eigenvalue weighted by Crippen LogP contribution is 2.22. The van der Waals surface area contributed by atoms with Gasteiger partial charge in [0.1, 0.15) is 0 Å². The van der Waals surface area contributed by atoms with Gasteiger partial charge in [0, 0.05) is 10.2 Å². The highest BCUT2D eigenvalue weighted by atomic mass is 79.9. The van der Waals surface area contributed by atoms with Crippen LogP contribution in [-0.4, -0.2) is 11.1 Å². The number of fused-ring (bicyclic) bond motifs is 1. The fourth-order valence-corrected chi connectivity index (χ4v) is 2.13. The van der Waals surface area contributed by atoms with Crippen LogP contribution in [0.1, 0.15) is 13.8 Å². The second-order valence-corrected chi connectivity index (χ2v) is 5.67. The zero-order valence-electron chi connectivity index (χ0n) is 9.74. The number of thioether (sulfide) groups is 1. The lowest BCUT2D eigenvalue weighted by atomic mass is 10.1. The van der Waals surface area contributed by atoms with Crippen LogP contribution >= 0.6 is 27.7 Å². The van der Waals surface area contributed by atoms with Crippen molar-refractivity contribution in [2.24, 2.45) is 0 Å². The molecule has 0 radical (unpaired) electrons. The van der Waals surface area contributed by atoms with E-state index in [9.17, 15) is 0 Å². The minimum atomic E-state index is 1.06. The smallest absolute Gasteiger partial charge is 0.00782 e. The maximum atomic E-state index is 3.15. The van der Waals surface area contributed by atoms with Gasteiger partial charge in [0.15, 0.2) is 0 Å². The maximum absolute atomic E-state index is 3.15. The first-order chi connectivity index (χ1) is 7.81. The molecule has 0 fully saturated rings. The molecule has 0 N–H and O–H groups in total. The summed E-state index contributed by atoms with van der Waals surface area (Å²) in [6.07, 6.45) is 0. The summed E-state index contributed by atoms with van der Waals surface area (Å²) < 4.78 is 0. The van der Waals surface area contributed by atoms with Crippen molar-refractivity contribution in [2.75, 3.05) is 11.1 Å². The Labute approximate surface area is 111 Å². The molecule has 2 heteroatoms. The Morgan fingerprint density at radius 2 is 1.62 bits per heavy atom. The number of alkyl halides is 1. The average molecular weight is 297 g/mol. The summed E-state index contributed by atoms with van der Waals surface area (Å²) in [5.74, 6) is 1.14. The molecule has 0 nitrogen and oxygen atoms in total. The molecule has 0 atom stereocenters. The van der Waals surface area contributed by atoms with Crippen molar-refractivity contribution < 1.29 is 0 Å². The first-order valence-electron chi connectivity index (χ1n) is 5.49. The summed E-state index contributed by atoms with van der Waals surface area (Å²) >= 11 is 5.04.